The monoisotopic (exact) mass is 410 g/mol. The van der Waals surface area contributed by atoms with Crippen molar-refractivity contribution in [2.75, 3.05) is 31.5 Å². The molecule has 1 heterocycles. The second-order valence-corrected chi connectivity index (χ2v) is 9.27. The first-order valence-electron chi connectivity index (χ1n) is 9.12. The van der Waals surface area contributed by atoms with Crippen molar-refractivity contribution in [3.63, 3.8) is 0 Å². The topological polar surface area (TPSA) is 93.5 Å². The molecular weight excluding hydrogens is 388 g/mol. The van der Waals surface area contributed by atoms with Crippen LogP contribution in [0.5, 0.6) is 0 Å². The van der Waals surface area contributed by atoms with Gasteiger partial charge < -0.3 is 5.32 Å². The summed E-state index contributed by atoms with van der Waals surface area (Å²) in [7, 11) is -3.69. The van der Waals surface area contributed by atoms with Crippen LogP contribution in [0.3, 0.4) is 0 Å². The van der Waals surface area contributed by atoms with Gasteiger partial charge in [0.05, 0.1) is 24.2 Å². The Kier molecular flexibility index (Phi) is 6.37. The fourth-order valence-corrected chi connectivity index (χ4v) is 5.27. The number of halogens is 1. The molecule has 1 saturated heterocycles. The van der Waals surface area contributed by atoms with Crippen LogP contribution in [0.4, 0.5) is 5.69 Å². The van der Waals surface area contributed by atoms with Gasteiger partial charge in [-0.2, -0.15) is 9.57 Å². The molecule has 1 saturated carbocycles. The van der Waals surface area contributed by atoms with E-state index in [1.807, 2.05) is 4.90 Å². The Hall–Kier alpha value is -1.66. The number of rotatable bonds is 7. The highest BCUT2D eigenvalue weighted by molar-refractivity contribution is 7.89. The van der Waals surface area contributed by atoms with E-state index >= 15 is 0 Å². The van der Waals surface area contributed by atoms with Crippen LogP contribution in [0.25, 0.3) is 0 Å². The molecule has 1 amide bonds. The molecule has 2 aliphatic rings. The maximum Gasteiger partial charge on any atom is 0.244 e. The number of amides is 1. The molecule has 3 rings (SSSR count). The predicted octanol–water partition coefficient (Wildman–Crippen LogP) is 2.44. The Morgan fingerprint density at radius 3 is 2.63 bits per heavy atom. The van der Waals surface area contributed by atoms with Gasteiger partial charge in [0.1, 0.15) is 4.90 Å². The molecule has 1 N–H and O–H groups in total. The number of anilines is 1. The Morgan fingerprint density at radius 1 is 1.30 bits per heavy atom. The van der Waals surface area contributed by atoms with Gasteiger partial charge in [0.25, 0.3) is 0 Å². The second kappa shape index (κ2) is 8.57. The minimum absolute atomic E-state index is 0.0138. The first-order chi connectivity index (χ1) is 12.9. The van der Waals surface area contributed by atoms with Crippen LogP contribution >= 0.6 is 11.6 Å². The second-order valence-electron chi connectivity index (χ2n) is 6.95. The first-order valence-corrected chi connectivity index (χ1v) is 10.9. The number of hydrogen-bond donors (Lipinski definition) is 1. The Balaban J connectivity index is 1.73. The van der Waals surface area contributed by atoms with Gasteiger partial charge in [0.15, 0.2) is 0 Å². The van der Waals surface area contributed by atoms with Crippen LogP contribution < -0.4 is 5.32 Å². The molecule has 7 nitrogen and oxygen atoms in total. The van der Waals surface area contributed by atoms with Crippen LogP contribution in [0.1, 0.15) is 32.1 Å². The molecule has 1 aliphatic heterocycles. The molecule has 0 radical (unpaired) electrons. The Bertz CT molecular complexity index is 843. The maximum absolute atomic E-state index is 12.9. The number of benzene rings is 1. The van der Waals surface area contributed by atoms with Crippen molar-refractivity contribution in [2.45, 2.75) is 43.0 Å². The lowest BCUT2D eigenvalue weighted by molar-refractivity contribution is -0.117. The fraction of sp³-hybridized carbons (Fsp3) is 0.556. The van der Waals surface area contributed by atoms with E-state index in [2.05, 4.69) is 11.4 Å². The largest absolute Gasteiger partial charge is 0.325 e. The van der Waals surface area contributed by atoms with Crippen LogP contribution in [0, 0.1) is 11.3 Å². The first kappa shape index (κ1) is 20.1. The molecule has 0 spiro atoms. The lowest BCUT2D eigenvalue weighted by atomic mass is 10.2. The minimum Gasteiger partial charge on any atom is -0.325 e. The third kappa shape index (κ3) is 4.99. The molecule has 9 heteroatoms. The van der Waals surface area contributed by atoms with Gasteiger partial charge >= 0.3 is 0 Å². The molecule has 146 valence electrons. The highest BCUT2D eigenvalue weighted by Crippen LogP contribution is 2.30. The van der Waals surface area contributed by atoms with Gasteiger partial charge in [-0.15, -0.1) is 0 Å². The molecule has 0 aromatic heterocycles. The lowest BCUT2D eigenvalue weighted by Crippen LogP contribution is -2.36. The zero-order valence-electron chi connectivity index (χ0n) is 15.0. The number of sulfonamides is 1. The number of nitrogens with one attached hydrogen (secondary N) is 1. The standard InChI is InChI=1S/C18H23ClN4O3S/c19-16-7-4-14(21-18(24)13-22(11-8-20)15-5-6-15)12-17(16)27(25,26)23-9-2-1-3-10-23/h4,7,12,15H,1-3,5-6,9-11,13H2,(H,21,24). The highest BCUT2D eigenvalue weighted by atomic mass is 35.5. The summed E-state index contributed by atoms with van der Waals surface area (Å²) in [5.41, 5.74) is 0.382. The summed E-state index contributed by atoms with van der Waals surface area (Å²) in [6.07, 6.45) is 4.69. The van der Waals surface area contributed by atoms with E-state index < -0.39 is 10.0 Å². The number of hydrogen-bond acceptors (Lipinski definition) is 5. The van der Waals surface area contributed by atoms with Crippen LogP contribution in [-0.2, 0) is 14.8 Å². The number of piperidine rings is 1. The molecule has 27 heavy (non-hydrogen) atoms. The highest BCUT2D eigenvalue weighted by Gasteiger charge is 2.31. The maximum atomic E-state index is 12.9. The summed E-state index contributed by atoms with van der Waals surface area (Å²) in [6.45, 7) is 1.28. The van der Waals surface area contributed by atoms with Crippen molar-refractivity contribution in [3.05, 3.63) is 23.2 Å². The third-order valence-corrected chi connectivity index (χ3v) is 7.21. The fourth-order valence-electron chi connectivity index (χ4n) is 3.25. The molecule has 1 aromatic carbocycles. The number of nitrogens with zero attached hydrogens (tertiary/aromatic N) is 3. The van der Waals surface area contributed by atoms with Crippen molar-refractivity contribution < 1.29 is 13.2 Å². The summed E-state index contributed by atoms with van der Waals surface area (Å²) < 4.78 is 27.2. The smallest absolute Gasteiger partial charge is 0.244 e. The lowest BCUT2D eigenvalue weighted by Gasteiger charge is -2.26. The molecular formula is C18H23ClN4O3S. The zero-order valence-corrected chi connectivity index (χ0v) is 16.6. The summed E-state index contributed by atoms with van der Waals surface area (Å²) in [5, 5.41) is 11.8. The third-order valence-electron chi connectivity index (χ3n) is 4.83. The van der Waals surface area contributed by atoms with E-state index in [0.29, 0.717) is 18.8 Å². The molecule has 1 aliphatic carbocycles. The van der Waals surface area contributed by atoms with E-state index in [-0.39, 0.29) is 35.0 Å². The Morgan fingerprint density at radius 2 is 2.00 bits per heavy atom. The van der Waals surface area contributed by atoms with E-state index in [0.717, 1.165) is 32.1 Å². The van der Waals surface area contributed by atoms with Crippen molar-refractivity contribution in [1.29, 1.82) is 5.26 Å². The summed E-state index contributed by atoms with van der Waals surface area (Å²) in [6, 6.07) is 6.85. The van der Waals surface area contributed by atoms with Gasteiger partial charge in [-0.1, -0.05) is 18.0 Å². The molecule has 0 bridgehead atoms. The number of carbonyl (C=O) groups excluding carboxylic acids is 1. The van der Waals surface area contributed by atoms with Gasteiger partial charge in [0.2, 0.25) is 15.9 Å². The van der Waals surface area contributed by atoms with Crippen molar-refractivity contribution in [1.82, 2.24) is 9.21 Å². The Labute approximate surface area is 164 Å². The SMILES string of the molecule is N#CCN(CC(=O)Nc1ccc(Cl)c(S(=O)(=O)N2CCCCC2)c1)C1CC1. The van der Waals surface area contributed by atoms with E-state index in [4.69, 9.17) is 16.9 Å². The normalized spacial score (nSPS) is 18.3. The van der Waals surface area contributed by atoms with Gasteiger partial charge in [-0.3, -0.25) is 9.69 Å². The number of carbonyl (C=O) groups is 1. The minimum atomic E-state index is -3.69. The average Bonchev–Trinajstić information content (AvgIpc) is 3.49. The van der Waals surface area contributed by atoms with Crippen molar-refractivity contribution >= 4 is 33.2 Å². The van der Waals surface area contributed by atoms with Crippen LogP contribution in [0.2, 0.25) is 5.02 Å². The molecule has 0 unspecified atom stereocenters. The number of nitriles is 1. The van der Waals surface area contributed by atoms with E-state index in [1.54, 1.807) is 6.07 Å². The quantitative estimate of drug-likeness (QED) is 0.697. The molecule has 1 aromatic rings. The predicted molar refractivity (Wildman–Crippen MR) is 103 cm³/mol. The molecule has 0 atom stereocenters. The van der Waals surface area contributed by atoms with E-state index in [9.17, 15) is 13.2 Å². The summed E-state index contributed by atoms with van der Waals surface area (Å²) in [5.74, 6) is -0.277. The zero-order chi connectivity index (χ0) is 19.4. The van der Waals surface area contributed by atoms with Crippen molar-refractivity contribution in [2.24, 2.45) is 0 Å². The van der Waals surface area contributed by atoms with Crippen molar-refractivity contribution in [3.8, 4) is 6.07 Å². The van der Waals surface area contributed by atoms with Crippen LogP contribution in [-0.4, -0.2) is 55.8 Å². The average molecular weight is 411 g/mol. The van der Waals surface area contributed by atoms with Gasteiger partial charge in [-0.05, 0) is 43.9 Å². The van der Waals surface area contributed by atoms with Gasteiger partial charge in [0, 0.05) is 24.8 Å². The summed E-state index contributed by atoms with van der Waals surface area (Å²) >= 11 is 6.15. The van der Waals surface area contributed by atoms with Crippen LogP contribution in [0.15, 0.2) is 23.1 Å². The molecule has 2 fully saturated rings. The van der Waals surface area contributed by atoms with E-state index in [1.165, 1.54) is 16.4 Å². The summed E-state index contributed by atoms with van der Waals surface area (Å²) in [4.78, 5) is 14.2. The van der Waals surface area contributed by atoms with Gasteiger partial charge in [-0.25, -0.2) is 8.42 Å².